The molecule has 2 aliphatic carbocycles. The monoisotopic (exact) mass is 518 g/mol. The quantitative estimate of drug-likeness (QED) is 0.326. The molecule has 1 N–H and O–H groups in total. The van der Waals surface area contributed by atoms with Crippen LogP contribution >= 0.6 is 0 Å². The number of benzene rings is 1. The van der Waals surface area contributed by atoms with Gasteiger partial charge in [-0.2, -0.15) is 0 Å². The normalized spacial score (nSPS) is 31.0. The Morgan fingerprint density at radius 3 is 2.16 bits per heavy atom. The highest BCUT2D eigenvalue weighted by Crippen LogP contribution is 2.60. The fraction of sp³-hybridized carbons (Fsp3) is 0.607. The third-order valence-corrected chi connectivity index (χ3v) is 7.84. The Morgan fingerprint density at radius 2 is 1.62 bits per heavy atom. The fourth-order valence-electron chi connectivity index (χ4n) is 5.99. The Kier molecular flexibility index (Phi) is 8.27. The Morgan fingerprint density at radius 1 is 1.00 bits per heavy atom. The highest BCUT2D eigenvalue weighted by Gasteiger charge is 2.68. The van der Waals surface area contributed by atoms with Crippen molar-refractivity contribution in [2.45, 2.75) is 78.3 Å². The van der Waals surface area contributed by atoms with Gasteiger partial charge in [-0.3, -0.25) is 9.59 Å². The van der Waals surface area contributed by atoms with E-state index in [1.807, 2.05) is 27.7 Å². The van der Waals surface area contributed by atoms with Gasteiger partial charge in [-0.15, -0.1) is 0 Å². The molecule has 1 saturated carbocycles. The summed E-state index contributed by atoms with van der Waals surface area (Å²) in [6, 6.07) is 4.73. The summed E-state index contributed by atoms with van der Waals surface area (Å²) in [7, 11) is 2.98. The molecule has 0 saturated heterocycles. The Balaban J connectivity index is 2.11. The zero-order valence-electron chi connectivity index (χ0n) is 22.8. The molecular weight excluding hydrogens is 480 g/mol. The molecule has 6 atom stereocenters. The van der Waals surface area contributed by atoms with Crippen molar-refractivity contribution in [3.05, 3.63) is 35.4 Å². The van der Waals surface area contributed by atoms with Gasteiger partial charge in [0, 0.05) is 32.6 Å². The average Bonchev–Trinajstić information content (AvgIpc) is 2.98. The van der Waals surface area contributed by atoms with Crippen LogP contribution in [0.1, 0.15) is 64.7 Å². The summed E-state index contributed by atoms with van der Waals surface area (Å²) in [5.41, 5.74) is -1.38. The van der Waals surface area contributed by atoms with Gasteiger partial charge < -0.3 is 28.8 Å². The molecule has 0 spiro atoms. The van der Waals surface area contributed by atoms with Gasteiger partial charge in [0.25, 0.3) is 0 Å². The summed E-state index contributed by atoms with van der Waals surface area (Å²) >= 11 is 0. The first kappa shape index (κ1) is 28.5. The SMILES string of the molecule is COc1ccc(C(=O)O[C@H]2CC(C)=C[C@@H](OC(C)=O)[C@@]3(C)[C@@H](OC(C)=O)C[C@@](O)(C(C)C)[C@H]23)cc1OC. The third kappa shape index (κ3) is 5.32. The molecule has 0 aromatic heterocycles. The van der Waals surface area contributed by atoms with Crippen molar-refractivity contribution in [2.24, 2.45) is 17.3 Å². The summed E-state index contributed by atoms with van der Waals surface area (Å²) in [6.45, 7) is 10.0. The zero-order valence-corrected chi connectivity index (χ0v) is 22.8. The molecule has 0 bridgehead atoms. The summed E-state index contributed by atoms with van der Waals surface area (Å²) in [6.07, 6.45) is -0.163. The molecule has 1 aromatic rings. The van der Waals surface area contributed by atoms with E-state index >= 15 is 0 Å². The number of fused-ring (bicyclic) bond motifs is 1. The van der Waals surface area contributed by atoms with Gasteiger partial charge in [-0.05, 0) is 37.1 Å². The van der Waals surface area contributed by atoms with Crippen LogP contribution in [0.3, 0.4) is 0 Å². The number of hydrogen-bond acceptors (Lipinski definition) is 9. The maximum absolute atomic E-state index is 13.4. The molecule has 2 aliphatic rings. The largest absolute Gasteiger partial charge is 0.493 e. The molecule has 204 valence electrons. The fourth-order valence-corrected chi connectivity index (χ4v) is 5.99. The minimum Gasteiger partial charge on any atom is -0.493 e. The maximum atomic E-state index is 13.4. The Labute approximate surface area is 218 Å². The molecule has 3 rings (SSSR count). The number of carbonyl (C=O) groups is 3. The van der Waals surface area contributed by atoms with E-state index in [0.29, 0.717) is 17.9 Å². The number of methoxy groups -OCH3 is 2. The number of hydrogen-bond donors (Lipinski definition) is 1. The van der Waals surface area contributed by atoms with E-state index in [4.69, 9.17) is 23.7 Å². The van der Waals surface area contributed by atoms with Gasteiger partial charge in [-0.1, -0.05) is 26.3 Å². The van der Waals surface area contributed by atoms with Crippen LogP contribution in [0.4, 0.5) is 0 Å². The molecule has 0 unspecified atom stereocenters. The van der Waals surface area contributed by atoms with Crippen LogP contribution in [0.25, 0.3) is 0 Å². The minimum atomic E-state index is -1.38. The zero-order chi connectivity index (χ0) is 27.7. The van der Waals surface area contributed by atoms with Gasteiger partial charge in [-0.25, -0.2) is 4.79 Å². The van der Waals surface area contributed by atoms with E-state index in [-0.39, 0.29) is 17.9 Å². The molecule has 0 heterocycles. The lowest BCUT2D eigenvalue weighted by Crippen LogP contribution is -2.54. The van der Waals surface area contributed by atoms with E-state index < -0.39 is 53.2 Å². The first-order chi connectivity index (χ1) is 17.3. The van der Waals surface area contributed by atoms with E-state index in [1.54, 1.807) is 18.2 Å². The van der Waals surface area contributed by atoms with Crippen molar-refractivity contribution in [3.8, 4) is 11.5 Å². The molecule has 0 aliphatic heterocycles. The van der Waals surface area contributed by atoms with Gasteiger partial charge in [0.15, 0.2) is 11.5 Å². The lowest BCUT2D eigenvalue weighted by molar-refractivity contribution is -0.174. The number of rotatable bonds is 7. The molecule has 0 amide bonds. The molecular formula is C28H38O9. The van der Waals surface area contributed by atoms with Crippen molar-refractivity contribution in [1.29, 1.82) is 0 Å². The van der Waals surface area contributed by atoms with Crippen LogP contribution in [-0.4, -0.2) is 61.1 Å². The number of ether oxygens (including phenoxy) is 5. The van der Waals surface area contributed by atoms with Gasteiger partial charge in [0.2, 0.25) is 0 Å². The van der Waals surface area contributed by atoms with E-state index in [9.17, 15) is 19.5 Å². The van der Waals surface area contributed by atoms with E-state index in [2.05, 4.69) is 0 Å². The second kappa shape index (κ2) is 10.7. The van der Waals surface area contributed by atoms with Gasteiger partial charge in [0.1, 0.15) is 18.3 Å². The molecule has 9 heteroatoms. The van der Waals surface area contributed by atoms with Crippen LogP contribution in [0.15, 0.2) is 29.8 Å². The first-order valence-electron chi connectivity index (χ1n) is 12.4. The lowest BCUT2D eigenvalue weighted by Gasteiger charge is -2.45. The Bertz CT molecular complexity index is 1080. The smallest absolute Gasteiger partial charge is 0.338 e. The molecule has 1 aromatic carbocycles. The van der Waals surface area contributed by atoms with Crippen LogP contribution < -0.4 is 9.47 Å². The summed E-state index contributed by atoms with van der Waals surface area (Å²) in [5, 5.41) is 12.1. The molecule has 1 fully saturated rings. The van der Waals surface area contributed by atoms with Crippen LogP contribution in [0, 0.1) is 17.3 Å². The highest BCUT2D eigenvalue weighted by molar-refractivity contribution is 5.90. The maximum Gasteiger partial charge on any atom is 0.338 e. The van der Waals surface area contributed by atoms with Gasteiger partial charge >= 0.3 is 17.9 Å². The van der Waals surface area contributed by atoms with Crippen molar-refractivity contribution in [2.75, 3.05) is 14.2 Å². The van der Waals surface area contributed by atoms with Crippen molar-refractivity contribution in [1.82, 2.24) is 0 Å². The topological polar surface area (TPSA) is 118 Å². The van der Waals surface area contributed by atoms with Crippen LogP contribution in [0.2, 0.25) is 0 Å². The first-order valence-corrected chi connectivity index (χ1v) is 12.4. The summed E-state index contributed by atoms with van der Waals surface area (Å²) in [4.78, 5) is 37.6. The van der Waals surface area contributed by atoms with Gasteiger partial charge in [0.05, 0.1) is 30.8 Å². The van der Waals surface area contributed by atoms with Crippen LogP contribution in [-0.2, 0) is 23.8 Å². The second-order valence-corrected chi connectivity index (χ2v) is 10.6. The molecule has 37 heavy (non-hydrogen) atoms. The lowest BCUT2D eigenvalue weighted by atomic mass is 9.66. The highest BCUT2D eigenvalue weighted by atomic mass is 16.6. The summed E-state index contributed by atoms with van der Waals surface area (Å²) in [5.74, 6) is -1.77. The van der Waals surface area contributed by atoms with Crippen LogP contribution in [0.5, 0.6) is 11.5 Å². The number of esters is 3. The van der Waals surface area contributed by atoms with Crippen molar-refractivity contribution < 1.29 is 43.2 Å². The minimum absolute atomic E-state index is 0.112. The predicted molar refractivity (Wildman–Crippen MR) is 134 cm³/mol. The standard InChI is InChI=1S/C28H38O9/c1-15(2)28(32)14-24(36-18(5)30)27(6)23(35-17(4)29)12-16(3)11-22(25(27)28)37-26(31)19-9-10-20(33-7)21(13-19)34-8/h9-10,12-13,15,22-25,32H,11,14H2,1-8H3/t22-,23+,24-,25+,27-,28+/m0/s1. The predicted octanol–water partition coefficient (Wildman–Crippen LogP) is 3.86. The molecule has 0 radical (unpaired) electrons. The third-order valence-electron chi connectivity index (χ3n) is 7.84. The number of carbonyl (C=O) groups excluding carboxylic acids is 3. The summed E-state index contributed by atoms with van der Waals surface area (Å²) < 4.78 is 28.2. The second-order valence-electron chi connectivity index (χ2n) is 10.6. The van der Waals surface area contributed by atoms with Crippen molar-refractivity contribution in [3.63, 3.8) is 0 Å². The van der Waals surface area contributed by atoms with Crippen molar-refractivity contribution >= 4 is 17.9 Å². The van der Waals surface area contributed by atoms with E-state index in [1.165, 1.54) is 34.1 Å². The average molecular weight is 519 g/mol. The number of aliphatic hydroxyl groups is 1. The van der Waals surface area contributed by atoms with E-state index in [0.717, 1.165) is 5.57 Å². The molecule has 9 nitrogen and oxygen atoms in total. The Hall–Kier alpha value is -3.07.